The predicted octanol–water partition coefficient (Wildman–Crippen LogP) is 1.54. The van der Waals surface area contributed by atoms with Crippen LogP contribution in [0.15, 0.2) is 18.2 Å². The Bertz CT molecular complexity index is 1060. The normalized spacial score (nSPS) is 23.1. The van der Waals surface area contributed by atoms with Gasteiger partial charge >= 0.3 is 0 Å². The molecule has 0 aromatic heterocycles. The Morgan fingerprint density at radius 1 is 1.10 bits per heavy atom. The number of hydrogen-bond donors (Lipinski definition) is 0. The van der Waals surface area contributed by atoms with Gasteiger partial charge in [-0.15, -0.1) is 0 Å². The van der Waals surface area contributed by atoms with Crippen LogP contribution in [0.1, 0.15) is 59.2 Å². The summed E-state index contributed by atoms with van der Waals surface area (Å²) in [5, 5.41) is 11.3. The maximum Gasteiger partial charge on any atom is 0.282 e. The Morgan fingerprint density at radius 2 is 1.81 bits per heavy atom. The van der Waals surface area contributed by atoms with Crippen molar-refractivity contribution < 1.29 is 27.7 Å². The zero-order valence-corrected chi connectivity index (χ0v) is 17.7. The van der Waals surface area contributed by atoms with E-state index in [9.17, 15) is 32.9 Å². The Labute approximate surface area is 179 Å². The van der Waals surface area contributed by atoms with Gasteiger partial charge in [0.05, 0.1) is 22.0 Å². The molecule has 3 amide bonds. The van der Waals surface area contributed by atoms with Crippen molar-refractivity contribution in [3.05, 3.63) is 39.4 Å². The summed E-state index contributed by atoms with van der Waals surface area (Å²) in [6.07, 6.45) is 4.72. The van der Waals surface area contributed by atoms with Crippen molar-refractivity contribution in [2.75, 3.05) is 18.1 Å². The van der Waals surface area contributed by atoms with Crippen LogP contribution in [-0.4, -0.2) is 71.0 Å². The molecule has 1 saturated carbocycles. The van der Waals surface area contributed by atoms with E-state index in [4.69, 9.17) is 0 Å². The van der Waals surface area contributed by atoms with Gasteiger partial charge in [-0.05, 0) is 25.3 Å². The molecule has 1 aliphatic carbocycles. The number of benzene rings is 1. The van der Waals surface area contributed by atoms with Crippen LogP contribution in [0.25, 0.3) is 0 Å². The lowest BCUT2D eigenvalue weighted by molar-refractivity contribution is -0.385. The minimum absolute atomic E-state index is 0.00732. The van der Waals surface area contributed by atoms with Crippen LogP contribution in [0, 0.1) is 10.1 Å². The quantitative estimate of drug-likeness (QED) is 0.378. The SMILES string of the molecule is O=C1c2cccc([N+](=O)[O-])c2C(=O)N1CC(=O)N(C1CCCCC1)C1CCS(=O)(=O)C1. The molecule has 11 heteroatoms. The molecule has 1 unspecified atom stereocenters. The number of nitro benzene ring substituents is 1. The van der Waals surface area contributed by atoms with Crippen LogP contribution >= 0.6 is 0 Å². The molecule has 1 saturated heterocycles. The largest absolute Gasteiger partial charge is 0.334 e. The van der Waals surface area contributed by atoms with E-state index in [0.29, 0.717) is 6.42 Å². The van der Waals surface area contributed by atoms with E-state index in [1.165, 1.54) is 12.1 Å². The predicted molar refractivity (Wildman–Crippen MR) is 109 cm³/mol. The maximum atomic E-state index is 13.3. The van der Waals surface area contributed by atoms with Crippen molar-refractivity contribution in [3.8, 4) is 0 Å². The Kier molecular flexibility index (Phi) is 5.54. The van der Waals surface area contributed by atoms with Gasteiger partial charge < -0.3 is 4.90 Å². The van der Waals surface area contributed by atoms with E-state index in [-0.39, 0.29) is 28.7 Å². The first kappa shape index (κ1) is 21.4. The molecule has 1 aromatic carbocycles. The number of imide groups is 1. The van der Waals surface area contributed by atoms with E-state index < -0.39 is 50.8 Å². The van der Waals surface area contributed by atoms with Crippen molar-refractivity contribution in [2.24, 2.45) is 0 Å². The molecule has 2 heterocycles. The van der Waals surface area contributed by atoms with Gasteiger partial charge in [-0.25, -0.2) is 8.42 Å². The van der Waals surface area contributed by atoms with Crippen LogP contribution in [0.2, 0.25) is 0 Å². The van der Waals surface area contributed by atoms with Gasteiger partial charge in [0.2, 0.25) is 5.91 Å². The molecule has 0 N–H and O–H groups in total. The lowest BCUT2D eigenvalue weighted by Gasteiger charge is -2.38. The first-order chi connectivity index (χ1) is 14.7. The first-order valence-electron chi connectivity index (χ1n) is 10.3. The van der Waals surface area contributed by atoms with Crippen LogP contribution in [0.4, 0.5) is 5.69 Å². The van der Waals surface area contributed by atoms with Gasteiger partial charge in [0, 0.05) is 18.2 Å². The van der Waals surface area contributed by atoms with E-state index >= 15 is 0 Å². The minimum atomic E-state index is -3.24. The van der Waals surface area contributed by atoms with Gasteiger partial charge in [-0.2, -0.15) is 0 Å². The van der Waals surface area contributed by atoms with E-state index in [1.54, 1.807) is 4.90 Å². The number of carbonyl (C=O) groups excluding carboxylic acids is 3. The monoisotopic (exact) mass is 449 g/mol. The summed E-state index contributed by atoms with van der Waals surface area (Å²) >= 11 is 0. The molecule has 1 aromatic rings. The molecule has 166 valence electrons. The smallest absolute Gasteiger partial charge is 0.282 e. The molecule has 0 bridgehead atoms. The molecule has 0 spiro atoms. The topological polar surface area (TPSA) is 135 Å². The van der Waals surface area contributed by atoms with Crippen LogP contribution in [0.5, 0.6) is 0 Å². The highest BCUT2D eigenvalue weighted by atomic mass is 32.2. The molecule has 3 aliphatic rings. The molecular formula is C20H23N3O7S. The standard InChI is InChI=1S/C20H23N3O7S/c24-17(22(13-5-2-1-3-6-13)14-9-10-31(29,30)12-14)11-21-19(25)15-7-4-8-16(23(27)28)18(15)20(21)26/h4,7-8,13-14H,1-3,5-6,9-12H2. The van der Waals surface area contributed by atoms with E-state index in [2.05, 4.69) is 0 Å². The van der Waals surface area contributed by atoms with E-state index in [1.807, 2.05) is 0 Å². The molecule has 2 fully saturated rings. The van der Waals surface area contributed by atoms with Gasteiger partial charge in [0.1, 0.15) is 12.1 Å². The molecule has 0 radical (unpaired) electrons. The Hall–Kier alpha value is -2.82. The number of sulfone groups is 1. The van der Waals surface area contributed by atoms with Crippen LogP contribution in [0.3, 0.4) is 0 Å². The van der Waals surface area contributed by atoms with Crippen molar-refractivity contribution in [3.63, 3.8) is 0 Å². The van der Waals surface area contributed by atoms with Crippen molar-refractivity contribution in [1.82, 2.24) is 9.80 Å². The summed E-state index contributed by atoms with van der Waals surface area (Å²) in [6, 6.07) is 3.18. The lowest BCUT2D eigenvalue weighted by Crippen LogP contribution is -2.52. The summed E-state index contributed by atoms with van der Waals surface area (Å²) < 4.78 is 24.1. The summed E-state index contributed by atoms with van der Waals surface area (Å²) in [7, 11) is -3.24. The second-order valence-electron chi connectivity index (χ2n) is 8.30. The molecule has 1 atom stereocenters. The molecule has 2 aliphatic heterocycles. The average molecular weight is 449 g/mol. The fourth-order valence-electron chi connectivity index (χ4n) is 4.89. The highest BCUT2D eigenvalue weighted by Gasteiger charge is 2.44. The van der Waals surface area contributed by atoms with Crippen molar-refractivity contribution in [1.29, 1.82) is 0 Å². The summed E-state index contributed by atoms with van der Waals surface area (Å²) in [4.78, 5) is 51.8. The van der Waals surface area contributed by atoms with Crippen molar-refractivity contribution >= 4 is 33.2 Å². The van der Waals surface area contributed by atoms with Gasteiger partial charge in [0.25, 0.3) is 17.5 Å². The van der Waals surface area contributed by atoms with E-state index in [0.717, 1.165) is 43.1 Å². The summed E-state index contributed by atoms with van der Waals surface area (Å²) in [6.45, 7) is -0.559. The fourth-order valence-corrected chi connectivity index (χ4v) is 6.60. The van der Waals surface area contributed by atoms with Gasteiger partial charge in [-0.3, -0.25) is 29.4 Å². The highest BCUT2D eigenvalue weighted by molar-refractivity contribution is 7.91. The third kappa shape index (κ3) is 3.93. The number of fused-ring (bicyclic) bond motifs is 1. The zero-order valence-electron chi connectivity index (χ0n) is 16.9. The number of hydrogen-bond acceptors (Lipinski definition) is 7. The number of nitro groups is 1. The average Bonchev–Trinajstić information content (AvgIpc) is 3.20. The second-order valence-corrected chi connectivity index (χ2v) is 10.5. The third-order valence-corrected chi connectivity index (χ3v) is 8.08. The minimum Gasteiger partial charge on any atom is -0.334 e. The Morgan fingerprint density at radius 3 is 2.42 bits per heavy atom. The van der Waals surface area contributed by atoms with Gasteiger partial charge in [-0.1, -0.05) is 25.3 Å². The molecule has 4 rings (SSSR count). The van der Waals surface area contributed by atoms with Crippen molar-refractivity contribution in [2.45, 2.75) is 50.6 Å². The molecule has 10 nitrogen and oxygen atoms in total. The van der Waals surface area contributed by atoms with Gasteiger partial charge in [0.15, 0.2) is 9.84 Å². The first-order valence-corrected chi connectivity index (χ1v) is 12.2. The van der Waals surface area contributed by atoms with Crippen LogP contribution in [-0.2, 0) is 14.6 Å². The third-order valence-electron chi connectivity index (χ3n) is 6.32. The molecular weight excluding hydrogens is 426 g/mol. The lowest BCUT2D eigenvalue weighted by atomic mass is 9.93. The Balaban J connectivity index is 1.60. The van der Waals surface area contributed by atoms with Crippen LogP contribution < -0.4 is 0 Å². The zero-order chi connectivity index (χ0) is 22.3. The number of nitrogens with zero attached hydrogens (tertiary/aromatic N) is 3. The number of amides is 3. The molecule has 31 heavy (non-hydrogen) atoms. The second kappa shape index (κ2) is 8.03. The summed E-state index contributed by atoms with van der Waals surface area (Å²) in [5.41, 5.74) is -0.880. The fraction of sp³-hybridized carbons (Fsp3) is 0.550. The number of rotatable bonds is 5. The maximum absolute atomic E-state index is 13.3. The summed E-state index contributed by atoms with van der Waals surface area (Å²) in [5.74, 6) is -2.23. The number of carbonyl (C=O) groups is 3. The highest BCUT2D eigenvalue weighted by Crippen LogP contribution is 2.32.